The summed E-state index contributed by atoms with van der Waals surface area (Å²) in [5.74, 6) is 0.569. The molecule has 3 rings (SSSR count). The van der Waals surface area contributed by atoms with Crippen molar-refractivity contribution >= 4 is 16.7 Å². The predicted octanol–water partition coefficient (Wildman–Crippen LogP) is 2.58. The van der Waals surface area contributed by atoms with Gasteiger partial charge >= 0.3 is 0 Å². The van der Waals surface area contributed by atoms with E-state index in [4.69, 9.17) is 16.2 Å². The average Bonchev–Trinajstić information content (AvgIpc) is 2.55. The van der Waals surface area contributed by atoms with Crippen LogP contribution in [0, 0.1) is 0 Å². The number of hydrogen-bond donors (Lipinski definition) is 2. The average molecular weight is 293 g/mol. The van der Waals surface area contributed by atoms with Crippen LogP contribution in [0.2, 0.25) is 0 Å². The molecule has 0 aliphatic carbocycles. The van der Waals surface area contributed by atoms with Crippen molar-refractivity contribution in [1.82, 2.24) is 4.98 Å². The van der Waals surface area contributed by atoms with Gasteiger partial charge in [-0.3, -0.25) is 4.79 Å². The number of fused-ring (bicyclic) bond motifs is 1. The molecule has 1 amide bonds. The molecule has 22 heavy (non-hydrogen) atoms. The van der Waals surface area contributed by atoms with E-state index in [1.807, 2.05) is 36.4 Å². The van der Waals surface area contributed by atoms with E-state index in [1.165, 1.54) is 6.20 Å². The minimum atomic E-state index is -0.517. The molecule has 0 bridgehead atoms. The van der Waals surface area contributed by atoms with Gasteiger partial charge in [0.05, 0.1) is 5.56 Å². The summed E-state index contributed by atoms with van der Waals surface area (Å²) in [6.07, 6.45) is 1.40. The zero-order valence-corrected chi connectivity index (χ0v) is 11.8. The molecular formula is C17H15N3O2. The van der Waals surface area contributed by atoms with E-state index in [0.29, 0.717) is 23.7 Å². The molecule has 0 radical (unpaired) electrons. The van der Waals surface area contributed by atoms with Gasteiger partial charge < -0.3 is 16.2 Å². The van der Waals surface area contributed by atoms with Crippen molar-refractivity contribution in [3.63, 3.8) is 0 Å². The Bertz CT molecular complexity index is 829. The first-order chi connectivity index (χ1) is 10.7. The Kier molecular flexibility index (Phi) is 3.72. The fraction of sp³-hybridized carbons (Fsp3) is 0.0588. The second kappa shape index (κ2) is 5.83. The summed E-state index contributed by atoms with van der Waals surface area (Å²) < 4.78 is 5.82. The van der Waals surface area contributed by atoms with Crippen molar-refractivity contribution in [2.45, 2.75) is 6.54 Å². The molecule has 0 saturated carbocycles. The molecule has 3 aromatic rings. The summed E-state index contributed by atoms with van der Waals surface area (Å²) in [6.45, 7) is 0.465. The van der Waals surface area contributed by atoms with Gasteiger partial charge in [-0.15, -0.1) is 0 Å². The molecule has 1 heterocycles. The molecule has 0 aliphatic rings. The zero-order valence-electron chi connectivity index (χ0n) is 11.8. The number of ether oxygens (including phenoxy) is 1. The first kappa shape index (κ1) is 14.0. The fourth-order valence-corrected chi connectivity index (χ4v) is 2.31. The van der Waals surface area contributed by atoms with Crippen LogP contribution in [0.15, 0.2) is 54.7 Å². The maximum atomic E-state index is 11.0. The Morgan fingerprint density at radius 3 is 2.50 bits per heavy atom. The van der Waals surface area contributed by atoms with Crippen molar-refractivity contribution in [3.8, 4) is 11.6 Å². The highest BCUT2D eigenvalue weighted by Gasteiger charge is 2.07. The molecule has 5 nitrogen and oxygen atoms in total. The van der Waals surface area contributed by atoms with Crippen LogP contribution in [0.3, 0.4) is 0 Å². The number of rotatable bonds is 4. The van der Waals surface area contributed by atoms with Gasteiger partial charge in [-0.1, -0.05) is 30.3 Å². The van der Waals surface area contributed by atoms with Gasteiger partial charge in [-0.2, -0.15) is 0 Å². The van der Waals surface area contributed by atoms with E-state index >= 15 is 0 Å². The molecule has 110 valence electrons. The third-order valence-corrected chi connectivity index (χ3v) is 3.43. The summed E-state index contributed by atoms with van der Waals surface area (Å²) >= 11 is 0. The Hall–Kier alpha value is -2.92. The summed E-state index contributed by atoms with van der Waals surface area (Å²) in [5.41, 5.74) is 12.4. The minimum absolute atomic E-state index is 0.343. The molecule has 0 unspecified atom stereocenters. The smallest absolute Gasteiger partial charge is 0.250 e. The number of aromatic nitrogens is 1. The van der Waals surface area contributed by atoms with E-state index in [-0.39, 0.29) is 0 Å². The number of nitrogens with two attached hydrogens (primary N) is 2. The Labute approximate surface area is 127 Å². The number of pyridine rings is 1. The molecular weight excluding hydrogens is 278 g/mol. The topological polar surface area (TPSA) is 91.2 Å². The van der Waals surface area contributed by atoms with Crippen LogP contribution in [0.4, 0.5) is 0 Å². The van der Waals surface area contributed by atoms with E-state index in [1.54, 1.807) is 12.1 Å². The number of benzene rings is 2. The number of amides is 1. The molecule has 0 fully saturated rings. The SMILES string of the molecule is NCc1cccc2c(Oc3ccc(C(N)=O)cn3)cccc12. The summed E-state index contributed by atoms with van der Waals surface area (Å²) in [6, 6.07) is 14.9. The van der Waals surface area contributed by atoms with Gasteiger partial charge in [0.25, 0.3) is 0 Å². The third kappa shape index (κ3) is 2.62. The lowest BCUT2D eigenvalue weighted by molar-refractivity contribution is 0.1000. The molecule has 0 saturated heterocycles. The van der Waals surface area contributed by atoms with Crippen molar-refractivity contribution in [2.75, 3.05) is 0 Å². The van der Waals surface area contributed by atoms with Crippen molar-refractivity contribution in [2.24, 2.45) is 11.5 Å². The van der Waals surface area contributed by atoms with E-state index in [0.717, 1.165) is 16.3 Å². The third-order valence-electron chi connectivity index (χ3n) is 3.43. The van der Waals surface area contributed by atoms with Crippen molar-refractivity contribution in [1.29, 1.82) is 0 Å². The highest BCUT2D eigenvalue weighted by atomic mass is 16.5. The zero-order chi connectivity index (χ0) is 15.5. The van der Waals surface area contributed by atoms with Crippen LogP contribution in [0.25, 0.3) is 10.8 Å². The highest BCUT2D eigenvalue weighted by molar-refractivity contribution is 5.92. The number of carbonyl (C=O) groups is 1. The van der Waals surface area contributed by atoms with Gasteiger partial charge in [-0.05, 0) is 23.1 Å². The Morgan fingerprint density at radius 2 is 1.82 bits per heavy atom. The maximum Gasteiger partial charge on any atom is 0.250 e. The quantitative estimate of drug-likeness (QED) is 0.773. The number of carbonyl (C=O) groups excluding carboxylic acids is 1. The summed E-state index contributed by atoms with van der Waals surface area (Å²) in [4.78, 5) is 15.1. The predicted molar refractivity (Wildman–Crippen MR) is 84.7 cm³/mol. The van der Waals surface area contributed by atoms with Gasteiger partial charge in [0.2, 0.25) is 11.8 Å². The molecule has 4 N–H and O–H groups in total. The number of primary amides is 1. The largest absolute Gasteiger partial charge is 0.438 e. The molecule has 0 spiro atoms. The van der Waals surface area contributed by atoms with Crippen LogP contribution >= 0.6 is 0 Å². The number of hydrogen-bond acceptors (Lipinski definition) is 4. The van der Waals surface area contributed by atoms with Crippen LogP contribution in [0.5, 0.6) is 11.6 Å². The van der Waals surface area contributed by atoms with E-state index in [9.17, 15) is 4.79 Å². The lowest BCUT2D eigenvalue weighted by Crippen LogP contribution is -2.10. The van der Waals surface area contributed by atoms with Gasteiger partial charge in [-0.25, -0.2) is 4.98 Å². The Balaban J connectivity index is 1.98. The molecule has 2 aromatic carbocycles. The van der Waals surface area contributed by atoms with Gasteiger partial charge in [0, 0.05) is 24.2 Å². The maximum absolute atomic E-state index is 11.0. The first-order valence-corrected chi connectivity index (χ1v) is 6.83. The van der Waals surface area contributed by atoms with E-state index in [2.05, 4.69) is 4.98 Å². The van der Waals surface area contributed by atoms with Gasteiger partial charge in [0.15, 0.2) is 0 Å². The molecule has 5 heteroatoms. The summed E-state index contributed by atoms with van der Waals surface area (Å²) in [7, 11) is 0. The molecule has 0 atom stereocenters. The monoisotopic (exact) mass is 293 g/mol. The van der Waals surface area contributed by atoms with Crippen molar-refractivity contribution < 1.29 is 9.53 Å². The van der Waals surface area contributed by atoms with Crippen LogP contribution < -0.4 is 16.2 Å². The van der Waals surface area contributed by atoms with E-state index < -0.39 is 5.91 Å². The second-order valence-electron chi connectivity index (χ2n) is 4.82. The summed E-state index contributed by atoms with van der Waals surface area (Å²) in [5, 5.41) is 2.02. The first-order valence-electron chi connectivity index (χ1n) is 6.83. The van der Waals surface area contributed by atoms with Crippen molar-refractivity contribution in [3.05, 3.63) is 65.9 Å². The molecule has 1 aromatic heterocycles. The molecule has 0 aliphatic heterocycles. The van der Waals surface area contributed by atoms with Crippen LogP contribution in [-0.2, 0) is 6.54 Å². The fourth-order valence-electron chi connectivity index (χ4n) is 2.31. The van der Waals surface area contributed by atoms with Gasteiger partial charge in [0.1, 0.15) is 5.75 Å². The minimum Gasteiger partial charge on any atom is -0.438 e. The Morgan fingerprint density at radius 1 is 1.05 bits per heavy atom. The number of nitrogens with zero attached hydrogens (tertiary/aromatic N) is 1. The highest BCUT2D eigenvalue weighted by Crippen LogP contribution is 2.30. The standard InChI is InChI=1S/C17H15N3O2/c18-9-11-3-1-5-14-13(11)4-2-6-15(14)22-16-8-7-12(10-20-16)17(19)21/h1-8,10H,9,18H2,(H2,19,21). The normalized spacial score (nSPS) is 10.6. The lowest BCUT2D eigenvalue weighted by Gasteiger charge is -2.10. The second-order valence-corrected chi connectivity index (χ2v) is 4.82. The van der Waals surface area contributed by atoms with Crippen LogP contribution in [0.1, 0.15) is 15.9 Å². The van der Waals surface area contributed by atoms with Crippen LogP contribution in [-0.4, -0.2) is 10.9 Å². The lowest BCUT2D eigenvalue weighted by atomic mass is 10.0.